The molecule has 0 spiro atoms. The molecular formula is C11H14N2O6S. The van der Waals surface area contributed by atoms with Gasteiger partial charge in [-0.3, -0.25) is 9.59 Å². The van der Waals surface area contributed by atoms with Crippen LogP contribution in [0.25, 0.3) is 0 Å². The first kappa shape index (κ1) is 15.9. The number of primary amides is 1. The highest BCUT2D eigenvalue weighted by Crippen LogP contribution is 2.22. The van der Waals surface area contributed by atoms with Gasteiger partial charge in [0, 0.05) is 0 Å². The molecule has 0 radical (unpaired) electrons. The van der Waals surface area contributed by atoms with Crippen molar-refractivity contribution in [2.24, 2.45) is 5.73 Å². The quantitative estimate of drug-likeness (QED) is 0.651. The van der Waals surface area contributed by atoms with E-state index < -0.39 is 27.9 Å². The summed E-state index contributed by atoms with van der Waals surface area (Å²) in [5, 5.41) is 8.70. The van der Waals surface area contributed by atoms with Gasteiger partial charge in [0.15, 0.2) is 0 Å². The topological polar surface area (TPSA) is 136 Å². The largest absolute Gasteiger partial charge is 0.496 e. The molecule has 1 aromatic carbocycles. The minimum absolute atomic E-state index is 0.113. The molecule has 0 aromatic heterocycles. The van der Waals surface area contributed by atoms with Crippen LogP contribution in [0.2, 0.25) is 0 Å². The Morgan fingerprint density at radius 1 is 1.40 bits per heavy atom. The van der Waals surface area contributed by atoms with Crippen LogP contribution in [-0.4, -0.2) is 38.6 Å². The lowest BCUT2D eigenvalue weighted by Gasteiger charge is -2.12. The van der Waals surface area contributed by atoms with E-state index in [1.165, 1.54) is 26.2 Å². The van der Waals surface area contributed by atoms with Crippen molar-refractivity contribution in [3.05, 3.63) is 23.8 Å². The highest BCUT2D eigenvalue weighted by atomic mass is 32.2. The highest BCUT2D eigenvalue weighted by Gasteiger charge is 2.23. The SMILES string of the molecule is COc1ccc(S(=O)(=O)N[C@H](C)C(=O)O)cc1C(N)=O. The molecule has 1 amide bonds. The fourth-order valence-electron chi connectivity index (χ4n) is 1.40. The number of hydrogen-bond acceptors (Lipinski definition) is 5. The zero-order chi connectivity index (χ0) is 15.5. The number of nitrogens with two attached hydrogens (primary N) is 1. The predicted octanol–water partition coefficient (Wildman–Crippen LogP) is -0.454. The van der Waals surface area contributed by atoms with Crippen LogP contribution in [0.4, 0.5) is 0 Å². The average molecular weight is 302 g/mol. The van der Waals surface area contributed by atoms with Crippen molar-refractivity contribution < 1.29 is 27.9 Å². The van der Waals surface area contributed by atoms with E-state index in [2.05, 4.69) is 0 Å². The Morgan fingerprint density at radius 2 is 2.00 bits per heavy atom. The van der Waals surface area contributed by atoms with E-state index in [0.29, 0.717) is 0 Å². The molecule has 4 N–H and O–H groups in total. The van der Waals surface area contributed by atoms with Gasteiger partial charge in [-0.15, -0.1) is 0 Å². The molecule has 9 heteroatoms. The van der Waals surface area contributed by atoms with E-state index in [0.717, 1.165) is 6.07 Å². The first-order valence-corrected chi connectivity index (χ1v) is 6.90. The molecule has 0 unspecified atom stereocenters. The number of hydrogen-bond donors (Lipinski definition) is 3. The van der Waals surface area contributed by atoms with Gasteiger partial charge < -0.3 is 15.6 Å². The smallest absolute Gasteiger partial charge is 0.321 e. The molecule has 1 rings (SSSR count). The van der Waals surface area contributed by atoms with Crippen molar-refractivity contribution >= 4 is 21.9 Å². The Hall–Kier alpha value is -2.13. The van der Waals surface area contributed by atoms with Crippen molar-refractivity contribution in [3.8, 4) is 5.75 Å². The first-order chi connectivity index (χ1) is 9.19. The van der Waals surface area contributed by atoms with Crippen molar-refractivity contribution in [1.29, 1.82) is 0 Å². The van der Waals surface area contributed by atoms with Crippen molar-refractivity contribution in [2.45, 2.75) is 17.9 Å². The predicted molar refractivity (Wildman–Crippen MR) is 68.9 cm³/mol. The molecule has 1 atom stereocenters. The number of amides is 1. The number of carbonyl (C=O) groups is 2. The van der Waals surface area contributed by atoms with Gasteiger partial charge in [0.25, 0.3) is 5.91 Å². The third kappa shape index (κ3) is 3.45. The van der Waals surface area contributed by atoms with Gasteiger partial charge in [-0.05, 0) is 25.1 Å². The highest BCUT2D eigenvalue weighted by molar-refractivity contribution is 7.89. The summed E-state index contributed by atoms with van der Waals surface area (Å²) in [6.45, 7) is 1.18. The van der Waals surface area contributed by atoms with Gasteiger partial charge in [-0.2, -0.15) is 4.72 Å². The summed E-state index contributed by atoms with van der Waals surface area (Å²) in [6.07, 6.45) is 0. The van der Waals surface area contributed by atoms with Crippen LogP contribution >= 0.6 is 0 Å². The fraction of sp³-hybridized carbons (Fsp3) is 0.273. The van der Waals surface area contributed by atoms with Crippen LogP contribution in [0.15, 0.2) is 23.1 Å². The second-order valence-corrected chi connectivity index (χ2v) is 5.62. The number of aliphatic carboxylic acids is 1. The maximum absolute atomic E-state index is 12.0. The van der Waals surface area contributed by atoms with Crippen LogP contribution in [0, 0.1) is 0 Å². The van der Waals surface area contributed by atoms with Crippen LogP contribution in [0.5, 0.6) is 5.75 Å². The normalized spacial score (nSPS) is 12.7. The Morgan fingerprint density at radius 3 is 2.45 bits per heavy atom. The van der Waals surface area contributed by atoms with Crippen LogP contribution < -0.4 is 15.2 Å². The number of carboxylic acid groups (broad SMARTS) is 1. The lowest BCUT2D eigenvalue weighted by Crippen LogP contribution is -2.38. The number of rotatable bonds is 6. The maximum atomic E-state index is 12.0. The van der Waals surface area contributed by atoms with E-state index in [1.54, 1.807) is 0 Å². The van der Waals surface area contributed by atoms with E-state index in [-0.39, 0.29) is 16.2 Å². The third-order valence-corrected chi connectivity index (χ3v) is 3.99. The molecule has 0 saturated heterocycles. The summed E-state index contributed by atoms with van der Waals surface area (Å²) in [5.41, 5.74) is 5.01. The Kier molecular flexibility index (Phi) is 4.69. The van der Waals surface area contributed by atoms with Gasteiger partial charge in [0.2, 0.25) is 10.0 Å². The number of sulfonamides is 1. The lowest BCUT2D eigenvalue weighted by atomic mass is 10.2. The fourth-order valence-corrected chi connectivity index (χ4v) is 2.62. The average Bonchev–Trinajstić information content (AvgIpc) is 2.37. The second kappa shape index (κ2) is 5.88. The van der Waals surface area contributed by atoms with Crippen LogP contribution in [0.1, 0.15) is 17.3 Å². The number of carboxylic acids is 1. The molecular weight excluding hydrogens is 288 g/mol. The molecule has 110 valence electrons. The van der Waals surface area contributed by atoms with Crippen molar-refractivity contribution in [1.82, 2.24) is 4.72 Å². The third-order valence-electron chi connectivity index (χ3n) is 2.45. The monoisotopic (exact) mass is 302 g/mol. The Balaban J connectivity index is 3.23. The molecule has 0 aliphatic heterocycles. The summed E-state index contributed by atoms with van der Waals surface area (Å²) in [7, 11) is -2.77. The standard InChI is InChI=1S/C11H14N2O6S/c1-6(11(15)16)13-20(17,18)7-3-4-9(19-2)8(5-7)10(12)14/h3-6,13H,1-2H3,(H2,12,14)(H,15,16)/t6-/m1/s1. The Bertz CT molecular complexity index is 640. The van der Waals surface area contributed by atoms with Gasteiger partial charge in [0.05, 0.1) is 17.6 Å². The molecule has 0 fully saturated rings. The van der Waals surface area contributed by atoms with Crippen LogP contribution in [0.3, 0.4) is 0 Å². The molecule has 0 aliphatic carbocycles. The van der Waals surface area contributed by atoms with E-state index in [4.69, 9.17) is 15.6 Å². The molecule has 1 aromatic rings. The molecule has 20 heavy (non-hydrogen) atoms. The van der Waals surface area contributed by atoms with E-state index in [1.807, 2.05) is 4.72 Å². The first-order valence-electron chi connectivity index (χ1n) is 5.42. The van der Waals surface area contributed by atoms with Gasteiger partial charge in [0.1, 0.15) is 11.8 Å². The zero-order valence-electron chi connectivity index (χ0n) is 10.8. The summed E-state index contributed by atoms with van der Waals surface area (Å²) in [6, 6.07) is 2.17. The lowest BCUT2D eigenvalue weighted by molar-refractivity contribution is -0.138. The number of ether oxygens (including phenoxy) is 1. The summed E-state index contributed by atoms with van der Waals surface area (Å²) >= 11 is 0. The Labute approximate surface area is 115 Å². The minimum Gasteiger partial charge on any atom is -0.496 e. The van der Waals surface area contributed by atoms with Gasteiger partial charge in [-0.1, -0.05) is 0 Å². The number of carbonyl (C=O) groups excluding carboxylic acids is 1. The van der Waals surface area contributed by atoms with Crippen LogP contribution in [-0.2, 0) is 14.8 Å². The van der Waals surface area contributed by atoms with Gasteiger partial charge in [-0.25, -0.2) is 8.42 Å². The molecule has 8 nitrogen and oxygen atoms in total. The number of methoxy groups -OCH3 is 1. The van der Waals surface area contributed by atoms with Gasteiger partial charge >= 0.3 is 5.97 Å². The summed E-state index contributed by atoms with van der Waals surface area (Å²) in [4.78, 5) is 21.6. The molecule has 0 bridgehead atoms. The van der Waals surface area contributed by atoms with Crippen molar-refractivity contribution in [3.63, 3.8) is 0 Å². The van der Waals surface area contributed by atoms with Crippen molar-refractivity contribution in [2.75, 3.05) is 7.11 Å². The summed E-state index contributed by atoms with van der Waals surface area (Å²) in [5.74, 6) is -2.05. The number of nitrogens with one attached hydrogen (secondary N) is 1. The second-order valence-electron chi connectivity index (χ2n) is 3.91. The maximum Gasteiger partial charge on any atom is 0.321 e. The molecule has 0 aliphatic rings. The minimum atomic E-state index is -4.08. The number of benzene rings is 1. The van der Waals surface area contributed by atoms with E-state index in [9.17, 15) is 18.0 Å². The molecule has 0 saturated carbocycles. The zero-order valence-corrected chi connectivity index (χ0v) is 11.6. The summed E-state index contributed by atoms with van der Waals surface area (Å²) < 4.78 is 30.7. The molecule has 0 heterocycles. The van der Waals surface area contributed by atoms with E-state index >= 15 is 0 Å².